The van der Waals surface area contributed by atoms with Gasteiger partial charge in [0.25, 0.3) is 0 Å². The van der Waals surface area contributed by atoms with Crippen molar-refractivity contribution in [2.24, 2.45) is 0 Å². The number of hydrogen-bond donors (Lipinski definition) is 2. The fraction of sp³-hybridized carbons (Fsp3) is 0.733. The number of hydrogen-bond acceptors (Lipinski definition) is 5. The van der Waals surface area contributed by atoms with Gasteiger partial charge in [0.15, 0.2) is 0 Å². The van der Waals surface area contributed by atoms with E-state index in [1.807, 2.05) is 17.8 Å². The normalized spacial score (nSPS) is 11.4. The molecule has 0 aromatic carbocycles. The van der Waals surface area contributed by atoms with Crippen LogP contribution >= 0.6 is 11.8 Å². The lowest BCUT2D eigenvalue weighted by molar-refractivity contribution is 0.573. The molecule has 0 fully saturated rings. The second kappa shape index (κ2) is 8.35. The fourth-order valence-corrected chi connectivity index (χ4v) is 2.92. The Hall–Kier alpha value is -0.970. The number of aryl methyl sites for hydroxylation is 1. The van der Waals surface area contributed by atoms with Crippen LogP contribution < -0.4 is 10.6 Å². The van der Waals surface area contributed by atoms with Gasteiger partial charge in [0.1, 0.15) is 17.5 Å². The molecule has 0 spiro atoms. The molecule has 0 atom stereocenters. The number of anilines is 2. The van der Waals surface area contributed by atoms with Crippen molar-refractivity contribution in [1.29, 1.82) is 0 Å². The Morgan fingerprint density at radius 3 is 2.10 bits per heavy atom. The third kappa shape index (κ3) is 4.54. The summed E-state index contributed by atoms with van der Waals surface area (Å²) >= 11 is 1.94. The van der Waals surface area contributed by atoms with E-state index in [9.17, 15) is 0 Å². The van der Waals surface area contributed by atoms with Gasteiger partial charge in [-0.15, -0.1) is 0 Å². The summed E-state index contributed by atoms with van der Waals surface area (Å²) in [6.07, 6.45) is 5.35. The first-order valence-electron chi connectivity index (χ1n) is 7.53. The summed E-state index contributed by atoms with van der Waals surface area (Å²) in [5.41, 5.74) is 0. The van der Waals surface area contributed by atoms with Gasteiger partial charge in [-0.1, -0.05) is 20.8 Å². The predicted octanol–water partition coefficient (Wildman–Crippen LogP) is 3.80. The molecule has 0 aliphatic rings. The highest BCUT2D eigenvalue weighted by molar-refractivity contribution is 8.00. The number of nitrogens with zero attached hydrogens (tertiary/aromatic N) is 2. The van der Waals surface area contributed by atoms with Crippen LogP contribution in [0.1, 0.15) is 46.4 Å². The van der Waals surface area contributed by atoms with Gasteiger partial charge < -0.3 is 10.6 Å². The molecule has 1 aromatic heterocycles. The van der Waals surface area contributed by atoms with Gasteiger partial charge in [-0.3, -0.25) is 0 Å². The number of rotatable bonds is 9. The van der Waals surface area contributed by atoms with Crippen LogP contribution in [-0.4, -0.2) is 34.1 Å². The average molecular weight is 296 g/mol. The zero-order valence-electron chi connectivity index (χ0n) is 13.4. The maximum absolute atomic E-state index is 4.57. The molecular weight excluding hydrogens is 268 g/mol. The van der Waals surface area contributed by atoms with Crippen LogP contribution in [0.4, 0.5) is 11.6 Å². The molecule has 0 bridgehead atoms. The molecule has 0 unspecified atom stereocenters. The van der Waals surface area contributed by atoms with Crippen LogP contribution in [0.25, 0.3) is 0 Å². The van der Waals surface area contributed by atoms with Gasteiger partial charge in [0.2, 0.25) is 0 Å². The highest BCUT2D eigenvalue weighted by Gasteiger charge is 2.24. The highest BCUT2D eigenvalue weighted by atomic mass is 32.2. The van der Waals surface area contributed by atoms with Crippen molar-refractivity contribution in [1.82, 2.24) is 9.97 Å². The second-order valence-electron chi connectivity index (χ2n) is 4.89. The smallest absolute Gasteiger partial charge is 0.132 e. The zero-order valence-corrected chi connectivity index (χ0v) is 14.2. The first kappa shape index (κ1) is 17.1. The van der Waals surface area contributed by atoms with Crippen LogP contribution in [0.2, 0.25) is 0 Å². The third-order valence-corrected chi connectivity index (χ3v) is 5.35. The number of aromatic nitrogens is 2. The fourth-order valence-electron chi connectivity index (χ4n) is 2.13. The molecule has 2 N–H and O–H groups in total. The van der Waals surface area contributed by atoms with Crippen LogP contribution in [0, 0.1) is 0 Å². The summed E-state index contributed by atoms with van der Waals surface area (Å²) in [4.78, 5) is 9.05. The highest BCUT2D eigenvalue weighted by Crippen LogP contribution is 2.30. The Morgan fingerprint density at radius 2 is 1.65 bits per heavy atom. The van der Waals surface area contributed by atoms with E-state index in [4.69, 9.17) is 0 Å². The Morgan fingerprint density at radius 1 is 1.05 bits per heavy atom. The van der Waals surface area contributed by atoms with E-state index < -0.39 is 0 Å². The Labute approximate surface area is 127 Å². The van der Waals surface area contributed by atoms with Crippen LogP contribution in [0.5, 0.6) is 0 Å². The van der Waals surface area contributed by atoms with E-state index in [2.05, 4.69) is 54.6 Å². The molecule has 20 heavy (non-hydrogen) atoms. The van der Waals surface area contributed by atoms with Crippen molar-refractivity contribution in [2.45, 2.75) is 51.7 Å². The molecule has 0 aliphatic heterocycles. The lowest BCUT2D eigenvalue weighted by Gasteiger charge is -2.30. The molecule has 1 aromatic rings. The maximum atomic E-state index is 4.57. The molecule has 0 amide bonds. The molecular formula is C15H28N4S. The Kier molecular flexibility index (Phi) is 7.13. The summed E-state index contributed by atoms with van der Waals surface area (Å²) in [6.45, 7) is 10.5. The molecule has 4 nitrogen and oxygen atoms in total. The van der Waals surface area contributed by atoms with Gasteiger partial charge in [0, 0.05) is 30.3 Å². The van der Waals surface area contributed by atoms with Crippen LogP contribution in [0.3, 0.4) is 0 Å². The van der Waals surface area contributed by atoms with Gasteiger partial charge in [-0.2, -0.15) is 11.8 Å². The van der Waals surface area contributed by atoms with E-state index >= 15 is 0 Å². The minimum absolute atomic E-state index is 0.287. The molecule has 1 rings (SSSR count). The van der Waals surface area contributed by atoms with Crippen molar-refractivity contribution in [3.63, 3.8) is 0 Å². The minimum atomic E-state index is 0.287. The second-order valence-corrected chi connectivity index (χ2v) is 6.16. The summed E-state index contributed by atoms with van der Waals surface area (Å²) in [7, 11) is 0. The molecule has 0 aliphatic carbocycles. The first-order valence-corrected chi connectivity index (χ1v) is 8.76. The predicted molar refractivity (Wildman–Crippen MR) is 90.9 cm³/mol. The summed E-state index contributed by atoms with van der Waals surface area (Å²) in [5.74, 6) is 2.71. The topological polar surface area (TPSA) is 49.8 Å². The molecule has 1 heterocycles. The lowest BCUT2D eigenvalue weighted by atomic mass is 10.0. The third-order valence-electron chi connectivity index (χ3n) is 3.76. The van der Waals surface area contributed by atoms with Crippen LogP contribution in [-0.2, 0) is 6.42 Å². The van der Waals surface area contributed by atoms with E-state index in [-0.39, 0.29) is 4.75 Å². The maximum Gasteiger partial charge on any atom is 0.132 e. The number of nitrogens with one attached hydrogen (secondary N) is 2. The largest absolute Gasteiger partial charge is 0.370 e. The minimum Gasteiger partial charge on any atom is -0.370 e. The summed E-state index contributed by atoms with van der Waals surface area (Å²) < 4.78 is 0.287. The zero-order chi connectivity index (χ0) is 15.0. The van der Waals surface area contributed by atoms with E-state index in [0.29, 0.717) is 0 Å². The first-order chi connectivity index (χ1) is 9.62. The van der Waals surface area contributed by atoms with Crippen LogP contribution in [0.15, 0.2) is 6.07 Å². The molecule has 0 saturated heterocycles. The van der Waals surface area contributed by atoms with Crippen molar-refractivity contribution >= 4 is 23.4 Å². The molecule has 114 valence electrons. The molecule has 5 heteroatoms. The quantitative estimate of drug-likeness (QED) is 0.726. The summed E-state index contributed by atoms with van der Waals surface area (Å²) in [6, 6.07) is 2.00. The molecule has 0 saturated carbocycles. The van der Waals surface area contributed by atoms with Crippen molar-refractivity contribution in [3.05, 3.63) is 11.9 Å². The SMILES string of the molecule is CCNc1cc(NCC(CC)(CC)SC)nc(CC)n1. The van der Waals surface area contributed by atoms with Gasteiger partial charge in [0.05, 0.1) is 0 Å². The summed E-state index contributed by atoms with van der Waals surface area (Å²) in [5, 5.41) is 6.77. The van der Waals surface area contributed by atoms with Crippen molar-refractivity contribution in [2.75, 3.05) is 30.0 Å². The van der Waals surface area contributed by atoms with Crippen molar-refractivity contribution < 1.29 is 0 Å². The lowest BCUT2D eigenvalue weighted by Crippen LogP contribution is -2.32. The van der Waals surface area contributed by atoms with E-state index in [0.717, 1.165) is 49.8 Å². The standard InChI is InChI=1S/C15H28N4S/c1-6-12-18-13(16-9-4)10-14(19-12)17-11-15(7-2,8-3)20-5/h10H,6-9,11H2,1-5H3,(H2,16,17,18,19). The van der Waals surface area contributed by atoms with Gasteiger partial charge >= 0.3 is 0 Å². The average Bonchev–Trinajstić information content (AvgIpc) is 2.49. The Bertz CT molecular complexity index is 397. The Balaban J connectivity index is 2.83. The van der Waals surface area contributed by atoms with E-state index in [1.54, 1.807) is 0 Å². The molecule has 0 radical (unpaired) electrons. The van der Waals surface area contributed by atoms with Gasteiger partial charge in [-0.25, -0.2) is 9.97 Å². The van der Waals surface area contributed by atoms with E-state index in [1.165, 1.54) is 0 Å². The van der Waals surface area contributed by atoms with Gasteiger partial charge in [-0.05, 0) is 26.0 Å². The van der Waals surface area contributed by atoms with Crippen molar-refractivity contribution in [3.8, 4) is 0 Å². The number of thioether (sulfide) groups is 1. The monoisotopic (exact) mass is 296 g/mol.